The SMILES string of the molecule is Cc1cccc(OCCC(=O)N2CCN(C(=O)c3ccc(C(=O)O)cc3)CC2)c1. The summed E-state index contributed by atoms with van der Waals surface area (Å²) in [4.78, 5) is 39.3. The summed E-state index contributed by atoms with van der Waals surface area (Å²) >= 11 is 0. The Morgan fingerprint density at radius 1 is 0.931 bits per heavy atom. The van der Waals surface area contributed by atoms with Crippen molar-refractivity contribution in [2.24, 2.45) is 0 Å². The molecule has 0 spiro atoms. The normalized spacial score (nSPS) is 13.8. The molecule has 3 rings (SSSR count). The second kappa shape index (κ2) is 9.23. The molecule has 1 saturated heterocycles. The van der Waals surface area contributed by atoms with E-state index < -0.39 is 5.97 Å². The van der Waals surface area contributed by atoms with Crippen LogP contribution in [0.4, 0.5) is 0 Å². The second-order valence-electron chi connectivity index (χ2n) is 6.97. The highest BCUT2D eigenvalue weighted by Crippen LogP contribution is 2.14. The molecule has 7 nitrogen and oxygen atoms in total. The lowest BCUT2D eigenvalue weighted by Crippen LogP contribution is -2.50. The van der Waals surface area contributed by atoms with E-state index in [1.807, 2.05) is 31.2 Å². The van der Waals surface area contributed by atoms with Crippen molar-refractivity contribution in [2.45, 2.75) is 13.3 Å². The fourth-order valence-corrected chi connectivity index (χ4v) is 3.22. The van der Waals surface area contributed by atoms with Gasteiger partial charge in [-0.15, -0.1) is 0 Å². The van der Waals surface area contributed by atoms with Crippen molar-refractivity contribution < 1.29 is 24.2 Å². The third kappa shape index (κ3) is 5.34. The molecule has 29 heavy (non-hydrogen) atoms. The van der Waals surface area contributed by atoms with Crippen molar-refractivity contribution in [3.8, 4) is 5.75 Å². The third-order valence-electron chi connectivity index (χ3n) is 4.87. The zero-order valence-electron chi connectivity index (χ0n) is 16.3. The highest BCUT2D eigenvalue weighted by Gasteiger charge is 2.24. The number of aromatic carboxylic acids is 1. The molecule has 1 fully saturated rings. The van der Waals surface area contributed by atoms with Crippen LogP contribution in [0.2, 0.25) is 0 Å². The number of carboxylic acids is 1. The van der Waals surface area contributed by atoms with Crippen molar-refractivity contribution in [1.82, 2.24) is 9.80 Å². The molecule has 2 amide bonds. The first kappa shape index (κ1) is 20.4. The predicted octanol–water partition coefficient (Wildman–Crippen LogP) is 2.45. The Labute approximate surface area is 169 Å². The molecule has 0 unspecified atom stereocenters. The number of carboxylic acid groups (broad SMARTS) is 1. The van der Waals surface area contributed by atoms with Crippen molar-refractivity contribution in [3.63, 3.8) is 0 Å². The first-order valence-corrected chi connectivity index (χ1v) is 9.54. The Hall–Kier alpha value is -3.35. The molecule has 2 aromatic carbocycles. The van der Waals surface area contributed by atoms with Crippen LogP contribution in [0.15, 0.2) is 48.5 Å². The first-order chi connectivity index (χ1) is 13.9. The Kier molecular flexibility index (Phi) is 6.49. The van der Waals surface area contributed by atoms with Gasteiger partial charge in [0.15, 0.2) is 0 Å². The lowest BCUT2D eigenvalue weighted by Gasteiger charge is -2.35. The molecule has 1 aliphatic heterocycles. The van der Waals surface area contributed by atoms with E-state index in [1.54, 1.807) is 9.80 Å². The standard InChI is InChI=1S/C22H24N2O5/c1-16-3-2-4-19(15-16)29-14-9-20(25)23-10-12-24(13-11-23)21(26)17-5-7-18(8-6-17)22(27)28/h2-8,15H,9-14H2,1H3,(H,27,28). The topological polar surface area (TPSA) is 87.2 Å². The van der Waals surface area contributed by atoms with Crippen LogP contribution in [0.3, 0.4) is 0 Å². The van der Waals surface area contributed by atoms with Crippen LogP contribution in [-0.2, 0) is 4.79 Å². The van der Waals surface area contributed by atoms with Crippen LogP contribution in [0.25, 0.3) is 0 Å². The zero-order valence-corrected chi connectivity index (χ0v) is 16.3. The maximum Gasteiger partial charge on any atom is 0.335 e. The van der Waals surface area contributed by atoms with Gasteiger partial charge in [-0.2, -0.15) is 0 Å². The molecule has 0 radical (unpaired) electrons. The summed E-state index contributed by atoms with van der Waals surface area (Å²) in [6.07, 6.45) is 0.290. The molecule has 0 atom stereocenters. The molecule has 1 N–H and O–H groups in total. The van der Waals surface area contributed by atoms with E-state index in [-0.39, 0.29) is 17.4 Å². The van der Waals surface area contributed by atoms with Gasteiger partial charge in [0.1, 0.15) is 5.75 Å². The van der Waals surface area contributed by atoms with E-state index in [4.69, 9.17) is 9.84 Å². The summed E-state index contributed by atoms with van der Waals surface area (Å²) in [6, 6.07) is 13.6. The Balaban J connectivity index is 1.45. The number of aryl methyl sites for hydroxylation is 1. The smallest absolute Gasteiger partial charge is 0.335 e. The Bertz CT molecular complexity index is 886. The van der Waals surface area contributed by atoms with E-state index in [1.165, 1.54) is 24.3 Å². The van der Waals surface area contributed by atoms with Crippen LogP contribution < -0.4 is 4.74 Å². The summed E-state index contributed by atoms with van der Waals surface area (Å²) in [7, 11) is 0. The summed E-state index contributed by atoms with van der Waals surface area (Å²) in [5.74, 6) is -0.419. The van der Waals surface area contributed by atoms with Crippen molar-refractivity contribution in [3.05, 3.63) is 65.2 Å². The lowest BCUT2D eigenvalue weighted by atomic mass is 10.1. The van der Waals surface area contributed by atoms with Crippen molar-refractivity contribution in [1.29, 1.82) is 0 Å². The van der Waals surface area contributed by atoms with Gasteiger partial charge in [-0.1, -0.05) is 12.1 Å². The van der Waals surface area contributed by atoms with E-state index in [0.29, 0.717) is 44.8 Å². The van der Waals surface area contributed by atoms with Gasteiger partial charge in [-0.05, 0) is 48.9 Å². The molecule has 0 aromatic heterocycles. The van der Waals surface area contributed by atoms with Crippen molar-refractivity contribution in [2.75, 3.05) is 32.8 Å². The maximum atomic E-state index is 12.6. The molecular formula is C22H24N2O5. The lowest BCUT2D eigenvalue weighted by molar-refractivity contribution is -0.133. The average molecular weight is 396 g/mol. The maximum absolute atomic E-state index is 12.6. The third-order valence-corrected chi connectivity index (χ3v) is 4.87. The van der Waals surface area contributed by atoms with Crippen LogP contribution >= 0.6 is 0 Å². The summed E-state index contributed by atoms with van der Waals surface area (Å²) in [5.41, 5.74) is 1.69. The Morgan fingerprint density at radius 3 is 2.17 bits per heavy atom. The number of hydrogen-bond donors (Lipinski definition) is 1. The number of amides is 2. The number of hydrogen-bond acceptors (Lipinski definition) is 4. The van der Waals surface area contributed by atoms with Gasteiger partial charge in [-0.25, -0.2) is 4.79 Å². The van der Waals surface area contributed by atoms with Gasteiger partial charge in [0, 0.05) is 31.7 Å². The minimum Gasteiger partial charge on any atom is -0.493 e. The number of carbonyl (C=O) groups is 3. The number of nitrogens with zero attached hydrogens (tertiary/aromatic N) is 2. The quantitative estimate of drug-likeness (QED) is 0.810. The minimum absolute atomic E-state index is 0.00978. The Morgan fingerprint density at radius 2 is 1.55 bits per heavy atom. The second-order valence-corrected chi connectivity index (χ2v) is 6.97. The number of rotatable bonds is 6. The van der Waals surface area contributed by atoms with Gasteiger partial charge >= 0.3 is 5.97 Å². The molecule has 2 aromatic rings. The molecule has 0 saturated carbocycles. The molecular weight excluding hydrogens is 372 g/mol. The molecule has 7 heteroatoms. The molecule has 0 bridgehead atoms. The van der Waals surface area contributed by atoms with E-state index in [9.17, 15) is 14.4 Å². The number of carbonyl (C=O) groups excluding carboxylic acids is 2. The monoisotopic (exact) mass is 396 g/mol. The summed E-state index contributed by atoms with van der Waals surface area (Å²) in [5, 5.41) is 8.94. The van der Waals surface area contributed by atoms with Gasteiger partial charge in [0.2, 0.25) is 5.91 Å². The minimum atomic E-state index is -1.03. The first-order valence-electron chi connectivity index (χ1n) is 9.54. The summed E-state index contributed by atoms with van der Waals surface area (Å²) < 4.78 is 5.64. The summed E-state index contributed by atoms with van der Waals surface area (Å²) in [6.45, 7) is 4.15. The van der Waals surface area contributed by atoms with Crippen LogP contribution in [0, 0.1) is 6.92 Å². The fraction of sp³-hybridized carbons (Fsp3) is 0.318. The highest BCUT2D eigenvalue weighted by atomic mass is 16.5. The van der Waals surface area contributed by atoms with Gasteiger partial charge in [0.25, 0.3) is 5.91 Å². The highest BCUT2D eigenvalue weighted by molar-refractivity contribution is 5.96. The van der Waals surface area contributed by atoms with Gasteiger partial charge in [-0.3, -0.25) is 9.59 Å². The van der Waals surface area contributed by atoms with Crippen molar-refractivity contribution >= 4 is 17.8 Å². The van der Waals surface area contributed by atoms with E-state index in [0.717, 1.165) is 11.3 Å². The number of ether oxygens (including phenoxy) is 1. The fourth-order valence-electron chi connectivity index (χ4n) is 3.22. The molecule has 152 valence electrons. The number of benzene rings is 2. The zero-order chi connectivity index (χ0) is 20.8. The van der Waals surface area contributed by atoms with Gasteiger partial charge in [0.05, 0.1) is 18.6 Å². The van der Waals surface area contributed by atoms with E-state index in [2.05, 4.69) is 0 Å². The van der Waals surface area contributed by atoms with Crippen LogP contribution in [0.5, 0.6) is 5.75 Å². The molecule has 1 heterocycles. The van der Waals surface area contributed by atoms with E-state index >= 15 is 0 Å². The van der Waals surface area contributed by atoms with Crippen LogP contribution in [-0.4, -0.2) is 65.5 Å². The average Bonchev–Trinajstić information content (AvgIpc) is 2.73. The number of piperazine rings is 1. The largest absolute Gasteiger partial charge is 0.493 e. The predicted molar refractivity (Wildman–Crippen MR) is 107 cm³/mol. The molecule has 1 aliphatic rings. The van der Waals surface area contributed by atoms with Gasteiger partial charge < -0.3 is 19.6 Å². The van der Waals surface area contributed by atoms with Crippen LogP contribution in [0.1, 0.15) is 32.7 Å². The molecule has 0 aliphatic carbocycles.